The molecule has 0 bridgehead atoms. The number of carbonyl (C=O) groups excluding carboxylic acids is 1. The van der Waals surface area contributed by atoms with Crippen LogP contribution in [0.3, 0.4) is 0 Å². The van der Waals surface area contributed by atoms with Gasteiger partial charge in [0.1, 0.15) is 5.60 Å². The number of ether oxygens (including phenoxy) is 1. The predicted octanol–water partition coefficient (Wildman–Crippen LogP) is 6.12. The first-order chi connectivity index (χ1) is 14.9. The highest BCUT2D eigenvalue weighted by Crippen LogP contribution is 2.24. The Morgan fingerprint density at radius 3 is 1.94 bits per heavy atom. The van der Waals surface area contributed by atoms with E-state index in [0.717, 1.165) is 45.6 Å². The fourth-order valence-corrected chi connectivity index (χ4v) is 4.23. The molecular formula is C27H38N2O2. The minimum absolute atomic E-state index is 0.164. The van der Waals surface area contributed by atoms with Gasteiger partial charge >= 0.3 is 6.09 Å². The quantitative estimate of drug-likeness (QED) is 0.514. The monoisotopic (exact) mass is 422 g/mol. The predicted molar refractivity (Wildman–Crippen MR) is 127 cm³/mol. The summed E-state index contributed by atoms with van der Waals surface area (Å²) in [6.45, 7) is 10.5. The van der Waals surface area contributed by atoms with Gasteiger partial charge in [-0.3, -0.25) is 4.90 Å². The van der Waals surface area contributed by atoms with Gasteiger partial charge in [-0.25, -0.2) is 4.79 Å². The number of amides is 1. The Kier molecular flexibility index (Phi) is 8.53. The van der Waals surface area contributed by atoms with Crippen molar-refractivity contribution in [2.45, 2.75) is 65.1 Å². The molecule has 3 rings (SSSR count). The van der Waals surface area contributed by atoms with E-state index in [1.54, 1.807) is 0 Å². The van der Waals surface area contributed by atoms with Crippen LogP contribution >= 0.6 is 0 Å². The number of piperidine rings is 1. The van der Waals surface area contributed by atoms with Crippen molar-refractivity contribution in [1.82, 2.24) is 9.80 Å². The van der Waals surface area contributed by atoms with E-state index in [0.29, 0.717) is 5.92 Å². The van der Waals surface area contributed by atoms with Crippen molar-refractivity contribution in [2.75, 3.05) is 19.6 Å². The SMILES string of the molecule is CC(C)(C)OC(=O)N1CCC(CCCN(Cc2ccccc2)Cc2ccccc2)CC1. The Balaban J connectivity index is 1.45. The Hall–Kier alpha value is -2.33. The van der Waals surface area contributed by atoms with Crippen LogP contribution in [-0.2, 0) is 17.8 Å². The molecule has 0 spiro atoms. The average molecular weight is 423 g/mol. The highest BCUT2D eigenvalue weighted by molar-refractivity contribution is 5.68. The van der Waals surface area contributed by atoms with Crippen LogP contribution in [0.15, 0.2) is 60.7 Å². The summed E-state index contributed by atoms with van der Waals surface area (Å²) in [6, 6.07) is 21.5. The first-order valence-corrected chi connectivity index (χ1v) is 11.7. The third kappa shape index (κ3) is 8.37. The average Bonchev–Trinajstić information content (AvgIpc) is 2.74. The van der Waals surface area contributed by atoms with E-state index in [1.165, 1.54) is 24.0 Å². The zero-order chi connectivity index (χ0) is 22.1. The molecule has 1 aliphatic heterocycles. The molecule has 0 radical (unpaired) electrons. The topological polar surface area (TPSA) is 32.8 Å². The Morgan fingerprint density at radius 2 is 1.45 bits per heavy atom. The summed E-state index contributed by atoms with van der Waals surface area (Å²) in [5.74, 6) is 0.703. The Bertz CT molecular complexity index is 736. The third-order valence-electron chi connectivity index (χ3n) is 5.85. The van der Waals surface area contributed by atoms with Crippen molar-refractivity contribution in [3.8, 4) is 0 Å². The molecule has 0 aliphatic carbocycles. The lowest BCUT2D eigenvalue weighted by atomic mass is 9.92. The van der Waals surface area contributed by atoms with Crippen LogP contribution in [0.2, 0.25) is 0 Å². The smallest absolute Gasteiger partial charge is 0.410 e. The zero-order valence-electron chi connectivity index (χ0n) is 19.4. The van der Waals surface area contributed by atoms with E-state index in [-0.39, 0.29) is 6.09 Å². The molecule has 0 aromatic heterocycles. The molecular weight excluding hydrogens is 384 g/mol. The molecule has 1 amide bonds. The molecule has 2 aromatic carbocycles. The largest absolute Gasteiger partial charge is 0.444 e. The molecule has 1 fully saturated rings. The van der Waals surface area contributed by atoms with E-state index in [4.69, 9.17) is 4.74 Å². The summed E-state index contributed by atoms with van der Waals surface area (Å²) in [5, 5.41) is 0. The lowest BCUT2D eigenvalue weighted by Crippen LogP contribution is -2.41. The lowest BCUT2D eigenvalue weighted by Gasteiger charge is -2.33. The summed E-state index contributed by atoms with van der Waals surface area (Å²) in [4.78, 5) is 16.7. The standard InChI is InChI=1S/C27H38N2O2/c1-27(2,3)31-26(30)29-19-16-23(17-20-29)15-10-18-28(21-24-11-6-4-7-12-24)22-25-13-8-5-9-14-25/h4-9,11-14,23H,10,15-22H2,1-3H3. The van der Waals surface area contributed by atoms with Crippen LogP contribution in [0.4, 0.5) is 4.79 Å². The number of hydrogen-bond acceptors (Lipinski definition) is 3. The summed E-state index contributed by atoms with van der Waals surface area (Å²) in [6.07, 6.45) is 4.41. The van der Waals surface area contributed by atoms with Gasteiger partial charge < -0.3 is 9.64 Å². The van der Waals surface area contributed by atoms with Gasteiger partial charge in [0.15, 0.2) is 0 Å². The Morgan fingerprint density at radius 1 is 0.935 bits per heavy atom. The second kappa shape index (κ2) is 11.3. The zero-order valence-corrected chi connectivity index (χ0v) is 19.4. The molecule has 0 saturated carbocycles. The van der Waals surface area contributed by atoms with Crippen molar-refractivity contribution in [1.29, 1.82) is 0 Å². The summed E-state index contributed by atoms with van der Waals surface area (Å²) in [5.41, 5.74) is 2.31. The molecule has 0 unspecified atom stereocenters. The van der Waals surface area contributed by atoms with Gasteiger partial charge in [-0.1, -0.05) is 60.7 Å². The molecule has 4 nitrogen and oxygen atoms in total. The van der Waals surface area contributed by atoms with Crippen LogP contribution in [0.1, 0.15) is 57.6 Å². The fraction of sp³-hybridized carbons (Fsp3) is 0.519. The fourth-order valence-electron chi connectivity index (χ4n) is 4.23. The van der Waals surface area contributed by atoms with Crippen LogP contribution in [0.5, 0.6) is 0 Å². The molecule has 0 atom stereocenters. The van der Waals surface area contributed by atoms with E-state index >= 15 is 0 Å². The van der Waals surface area contributed by atoms with Gasteiger partial charge in [0, 0.05) is 26.2 Å². The maximum Gasteiger partial charge on any atom is 0.410 e. The van der Waals surface area contributed by atoms with Crippen molar-refractivity contribution >= 4 is 6.09 Å². The van der Waals surface area contributed by atoms with Crippen LogP contribution < -0.4 is 0 Å². The summed E-state index contributed by atoms with van der Waals surface area (Å²) >= 11 is 0. The van der Waals surface area contributed by atoms with E-state index in [2.05, 4.69) is 65.6 Å². The number of nitrogens with zero attached hydrogens (tertiary/aromatic N) is 2. The molecule has 168 valence electrons. The first-order valence-electron chi connectivity index (χ1n) is 11.7. The minimum Gasteiger partial charge on any atom is -0.444 e. The number of hydrogen-bond donors (Lipinski definition) is 0. The van der Waals surface area contributed by atoms with Crippen LogP contribution in [0, 0.1) is 5.92 Å². The molecule has 31 heavy (non-hydrogen) atoms. The highest BCUT2D eigenvalue weighted by atomic mass is 16.6. The van der Waals surface area contributed by atoms with E-state index < -0.39 is 5.60 Å². The van der Waals surface area contributed by atoms with Gasteiger partial charge in [0.2, 0.25) is 0 Å². The van der Waals surface area contributed by atoms with E-state index in [1.807, 2.05) is 25.7 Å². The van der Waals surface area contributed by atoms with Crippen molar-refractivity contribution < 1.29 is 9.53 Å². The van der Waals surface area contributed by atoms with Gasteiger partial charge in [0.25, 0.3) is 0 Å². The van der Waals surface area contributed by atoms with E-state index in [9.17, 15) is 4.79 Å². The van der Waals surface area contributed by atoms with Gasteiger partial charge in [-0.15, -0.1) is 0 Å². The molecule has 4 heteroatoms. The van der Waals surface area contributed by atoms with Crippen LogP contribution in [-0.4, -0.2) is 41.1 Å². The lowest BCUT2D eigenvalue weighted by molar-refractivity contribution is 0.0179. The maximum atomic E-state index is 12.3. The Labute approximate surface area is 188 Å². The molecule has 1 heterocycles. The first kappa shape index (κ1) is 23.3. The van der Waals surface area contributed by atoms with Gasteiger partial charge in [0.05, 0.1) is 0 Å². The summed E-state index contributed by atoms with van der Waals surface area (Å²) < 4.78 is 5.52. The molecule has 2 aromatic rings. The number of benzene rings is 2. The third-order valence-corrected chi connectivity index (χ3v) is 5.85. The normalized spacial score (nSPS) is 15.3. The summed E-state index contributed by atoms with van der Waals surface area (Å²) in [7, 11) is 0. The maximum absolute atomic E-state index is 12.3. The number of likely N-dealkylation sites (tertiary alicyclic amines) is 1. The molecule has 0 N–H and O–H groups in total. The minimum atomic E-state index is -0.422. The molecule has 1 saturated heterocycles. The van der Waals surface area contributed by atoms with Crippen molar-refractivity contribution in [2.24, 2.45) is 5.92 Å². The van der Waals surface area contributed by atoms with Gasteiger partial charge in [-0.2, -0.15) is 0 Å². The van der Waals surface area contributed by atoms with Gasteiger partial charge in [-0.05, 0) is 70.0 Å². The molecule has 1 aliphatic rings. The van der Waals surface area contributed by atoms with Crippen molar-refractivity contribution in [3.05, 3.63) is 71.8 Å². The second-order valence-corrected chi connectivity index (χ2v) is 9.73. The highest BCUT2D eigenvalue weighted by Gasteiger charge is 2.26. The number of carbonyl (C=O) groups is 1. The number of rotatable bonds is 8. The van der Waals surface area contributed by atoms with Crippen molar-refractivity contribution in [3.63, 3.8) is 0 Å². The second-order valence-electron chi connectivity index (χ2n) is 9.73. The van der Waals surface area contributed by atoms with Crippen LogP contribution in [0.25, 0.3) is 0 Å².